The Balaban J connectivity index is 1.71. The molecule has 3 rings (SSSR count). The molecule has 2 unspecified atom stereocenters. The Kier molecular flexibility index (Phi) is 2.54. The average molecular weight is 231 g/mol. The van der Waals surface area contributed by atoms with Crippen LogP contribution in [0.1, 0.15) is 30.4 Å². The minimum absolute atomic E-state index is 0.118. The topological polar surface area (TPSA) is 49.3 Å². The van der Waals surface area contributed by atoms with Crippen molar-refractivity contribution in [1.82, 2.24) is 0 Å². The fourth-order valence-electron chi connectivity index (χ4n) is 2.84. The third-order valence-electron chi connectivity index (χ3n) is 4.04. The molecule has 1 saturated carbocycles. The van der Waals surface area contributed by atoms with Gasteiger partial charge in [-0.05, 0) is 55.4 Å². The maximum absolute atomic E-state index is 10.9. The van der Waals surface area contributed by atoms with Crippen LogP contribution in [0.15, 0.2) is 18.2 Å². The number of hydrogen-bond acceptors (Lipinski definition) is 2. The minimum atomic E-state index is -0.671. The second kappa shape index (κ2) is 4.06. The Morgan fingerprint density at radius 3 is 2.76 bits per heavy atom. The zero-order chi connectivity index (χ0) is 11.8. The van der Waals surface area contributed by atoms with Crippen LogP contribution >= 0.6 is 0 Å². The highest BCUT2D eigenvalue weighted by Gasteiger charge is 2.36. The van der Waals surface area contributed by atoms with Crippen molar-refractivity contribution in [2.75, 3.05) is 5.32 Å². The molecular weight excluding hydrogens is 214 g/mol. The zero-order valence-electron chi connectivity index (χ0n) is 9.78. The van der Waals surface area contributed by atoms with Crippen LogP contribution < -0.4 is 5.32 Å². The molecule has 1 aromatic rings. The summed E-state index contributed by atoms with van der Waals surface area (Å²) < 4.78 is 0. The molecule has 0 aromatic heterocycles. The summed E-state index contributed by atoms with van der Waals surface area (Å²) in [7, 11) is 0. The van der Waals surface area contributed by atoms with E-state index in [1.54, 1.807) is 0 Å². The van der Waals surface area contributed by atoms with Crippen LogP contribution in [0.4, 0.5) is 5.69 Å². The summed E-state index contributed by atoms with van der Waals surface area (Å²) in [6, 6.07) is 6.58. The molecule has 2 atom stereocenters. The summed E-state index contributed by atoms with van der Waals surface area (Å²) in [4.78, 5) is 10.9. The van der Waals surface area contributed by atoms with Crippen LogP contribution in [0.5, 0.6) is 0 Å². The van der Waals surface area contributed by atoms with E-state index < -0.39 is 5.97 Å². The second-order valence-corrected chi connectivity index (χ2v) is 5.11. The number of carboxylic acids is 1. The summed E-state index contributed by atoms with van der Waals surface area (Å²) in [5.74, 6) is -0.877. The molecule has 2 aliphatic carbocycles. The molecule has 0 amide bonds. The normalized spacial score (nSPS) is 26.1. The molecule has 2 N–H and O–H groups in total. The van der Waals surface area contributed by atoms with Crippen LogP contribution in [0.3, 0.4) is 0 Å². The van der Waals surface area contributed by atoms with Gasteiger partial charge in [0.15, 0.2) is 0 Å². The molecule has 1 aromatic carbocycles. The number of benzene rings is 1. The van der Waals surface area contributed by atoms with Crippen molar-refractivity contribution in [1.29, 1.82) is 0 Å². The van der Waals surface area contributed by atoms with E-state index in [4.69, 9.17) is 5.11 Å². The van der Waals surface area contributed by atoms with Crippen molar-refractivity contribution in [3.63, 3.8) is 0 Å². The van der Waals surface area contributed by atoms with Crippen LogP contribution in [0.25, 0.3) is 0 Å². The van der Waals surface area contributed by atoms with Gasteiger partial charge in [-0.25, -0.2) is 0 Å². The summed E-state index contributed by atoms with van der Waals surface area (Å²) in [5.41, 5.74) is 3.97. The number of nitrogens with one attached hydrogen (secondary N) is 1. The largest absolute Gasteiger partial charge is 0.481 e. The fourth-order valence-corrected chi connectivity index (χ4v) is 2.84. The second-order valence-electron chi connectivity index (χ2n) is 5.11. The van der Waals surface area contributed by atoms with E-state index in [9.17, 15) is 4.79 Å². The third kappa shape index (κ3) is 1.90. The van der Waals surface area contributed by atoms with E-state index in [1.165, 1.54) is 24.0 Å². The number of aliphatic carboxylic acids is 1. The van der Waals surface area contributed by atoms with Gasteiger partial charge in [0.05, 0.1) is 5.92 Å². The van der Waals surface area contributed by atoms with Crippen molar-refractivity contribution in [3.8, 4) is 0 Å². The number of rotatable bonds is 3. The molecular formula is C14H17NO2. The highest BCUT2D eigenvalue weighted by Crippen LogP contribution is 2.32. The lowest BCUT2D eigenvalue weighted by Crippen LogP contribution is -2.42. The van der Waals surface area contributed by atoms with Crippen molar-refractivity contribution in [2.24, 2.45) is 5.92 Å². The van der Waals surface area contributed by atoms with Gasteiger partial charge < -0.3 is 10.4 Å². The molecule has 0 bridgehead atoms. The number of aryl methyl sites for hydroxylation is 2. The van der Waals surface area contributed by atoms with Gasteiger partial charge in [-0.15, -0.1) is 0 Å². The van der Waals surface area contributed by atoms with Crippen molar-refractivity contribution >= 4 is 11.7 Å². The summed E-state index contributed by atoms with van der Waals surface area (Å²) in [6.07, 6.45) is 5.38. The smallest absolute Gasteiger partial charge is 0.308 e. The molecule has 0 radical (unpaired) electrons. The number of carboxylic acid groups (broad SMARTS) is 1. The molecule has 0 aliphatic heterocycles. The van der Waals surface area contributed by atoms with E-state index in [-0.39, 0.29) is 12.0 Å². The monoisotopic (exact) mass is 231 g/mol. The first kappa shape index (κ1) is 10.6. The van der Waals surface area contributed by atoms with Gasteiger partial charge in [-0.2, -0.15) is 0 Å². The summed E-state index contributed by atoms with van der Waals surface area (Å²) >= 11 is 0. The first-order chi connectivity index (χ1) is 8.24. The van der Waals surface area contributed by atoms with Gasteiger partial charge >= 0.3 is 5.97 Å². The van der Waals surface area contributed by atoms with E-state index in [0.717, 1.165) is 24.9 Å². The molecule has 3 nitrogen and oxygen atoms in total. The van der Waals surface area contributed by atoms with Gasteiger partial charge in [0.1, 0.15) is 0 Å². The molecule has 0 heterocycles. The molecule has 0 saturated heterocycles. The predicted molar refractivity (Wildman–Crippen MR) is 66.2 cm³/mol. The number of anilines is 1. The lowest BCUT2D eigenvalue weighted by Gasteiger charge is -2.34. The Morgan fingerprint density at radius 2 is 2.06 bits per heavy atom. The number of carbonyl (C=O) groups is 1. The average Bonchev–Trinajstić information content (AvgIpc) is 2.70. The minimum Gasteiger partial charge on any atom is -0.481 e. The first-order valence-corrected chi connectivity index (χ1v) is 6.35. The van der Waals surface area contributed by atoms with E-state index in [0.29, 0.717) is 0 Å². The summed E-state index contributed by atoms with van der Waals surface area (Å²) in [5, 5.41) is 12.4. The van der Waals surface area contributed by atoms with Crippen molar-refractivity contribution < 1.29 is 9.90 Å². The van der Waals surface area contributed by atoms with Crippen LogP contribution in [-0.2, 0) is 17.6 Å². The molecule has 17 heavy (non-hydrogen) atoms. The summed E-state index contributed by atoms with van der Waals surface area (Å²) in [6.45, 7) is 0. The highest BCUT2D eigenvalue weighted by atomic mass is 16.4. The third-order valence-corrected chi connectivity index (χ3v) is 4.04. The Morgan fingerprint density at radius 1 is 1.24 bits per heavy atom. The lowest BCUT2D eigenvalue weighted by molar-refractivity contribution is -0.144. The van der Waals surface area contributed by atoms with Crippen LogP contribution in [0.2, 0.25) is 0 Å². The maximum atomic E-state index is 10.9. The van der Waals surface area contributed by atoms with Crippen LogP contribution in [0, 0.1) is 5.92 Å². The number of fused-ring (bicyclic) bond motifs is 1. The van der Waals surface area contributed by atoms with Gasteiger partial charge in [0, 0.05) is 11.7 Å². The Bertz CT molecular complexity index is 456. The standard InChI is InChI=1S/C14H17NO2/c16-14(17)12-6-7-13(12)15-11-5-4-9-2-1-3-10(9)8-11/h4-5,8,12-13,15H,1-3,6-7H2,(H,16,17). The van der Waals surface area contributed by atoms with E-state index >= 15 is 0 Å². The van der Waals surface area contributed by atoms with Crippen molar-refractivity contribution in [2.45, 2.75) is 38.1 Å². The molecule has 2 aliphatic rings. The zero-order valence-corrected chi connectivity index (χ0v) is 9.78. The van der Waals surface area contributed by atoms with Crippen molar-refractivity contribution in [3.05, 3.63) is 29.3 Å². The van der Waals surface area contributed by atoms with Crippen LogP contribution in [-0.4, -0.2) is 17.1 Å². The van der Waals surface area contributed by atoms with E-state index in [1.807, 2.05) is 0 Å². The molecule has 3 heteroatoms. The maximum Gasteiger partial charge on any atom is 0.308 e. The SMILES string of the molecule is O=C(O)C1CCC1Nc1ccc2c(c1)CCC2. The van der Waals surface area contributed by atoms with Gasteiger partial charge in [-0.1, -0.05) is 6.07 Å². The van der Waals surface area contributed by atoms with Gasteiger partial charge in [0.25, 0.3) is 0 Å². The number of hydrogen-bond donors (Lipinski definition) is 2. The first-order valence-electron chi connectivity index (χ1n) is 6.35. The van der Waals surface area contributed by atoms with Gasteiger partial charge in [0.2, 0.25) is 0 Å². The molecule has 90 valence electrons. The fraction of sp³-hybridized carbons (Fsp3) is 0.500. The highest BCUT2D eigenvalue weighted by molar-refractivity contribution is 5.73. The predicted octanol–water partition coefficient (Wildman–Crippen LogP) is 2.45. The molecule has 0 spiro atoms. The molecule has 1 fully saturated rings. The Labute approximate surface area is 101 Å². The van der Waals surface area contributed by atoms with E-state index in [2.05, 4.69) is 23.5 Å². The lowest BCUT2D eigenvalue weighted by atomic mass is 9.79. The Hall–Kier alpha value is -1.51. The quantitative estimate of drug-likeness (QED) is 0.840. The van der Waals surface area contributed by atoms with Gasteiger partial charge in [-0.3, -0.25) is 4.79 Å².